The summed E-state index contributed by atoms with van der Waals surface area (Å²) in [5.41, 5.74) is 4.19. The van der Waals surface area contributed by atoms with E-state index in [1.54, 1.807) is 0 Å². The van der Waals surface area contributed by atoms with E-state index >= 15 is 0 Å². The van der Waals surface area contributed by atoms with Crippen molar-refractivity contribution in [1.29, 1.82) is 0 Å². The molecule has 3 aliphatic heterocycles. The van der Waals surface area contributed by atoms with Crippen molar-refractivity contribution in [3.8, 4) is 12.3 Å². The van der Waals surface area contributed by atoms with Crippen LogP contribution in [-0.4, -0.2) is 80.7 Å². The van der Waals surface area contributed by atoms with Crippen molar-refractivity contribution in [2.45, 2.75) is 52.0 Å². The average Bonchev–Trinajstić information content (AvgIpc) is 3.16. The minimum absolute atomic E-state index is 0.288. The number of morpholine rings is 2. The molecule has 0 atom stereocenters. The number of benzene rings is 2. The fraction of sp³-hybridized carbons (Fsp3) is 0.500. The van der Waals surface area contributed by atoms with Crippen LogP contribution in [0.3, 0.4) is 0 Å². The van der Waals surface area contributed by atoms with Gasteiger partial charge in [0.15, 0.2) is 0 Å². The van der Waals surface area contributed by atoms with E-state index in [2.05, 4.69) is 85.9 Å². The third-order valence-corrected chi connectivity index (χ3v) is 7.84. The van der Waals surface area contributed by atoms with Gasteiger partial charge in [0, 0.05) is 44.8 Å². The second-order valence-corrected chi connectivity index (χ2v) is 11.3. The van der Waals surface area contributed by atoms with Crippen LogP contribution >= 0.6 is 0 Å². The third kappa shape index (κ3) is 8.78. The molecule has 3 aliphatic rings. The molecule has 0 amide bonds. The van der Waals surface area contributed by atoms with Gasteiger partial charge >= 0.3 is 7.12 Å². The van der Waals surface area contributed by atoms with Crippen LogP contribution in [0, 0.1) is 12.3 Å². The average molecular weight is 531 g/mol. The van der Waals surface area contributed by atoms with Crippen LogP contribution in [0.1, 0.15) is 49.9 Å². The summed E-state index contributed by atoms with van der Waals surface area (Å²) < 4.78 is 22.7. The summed E-state index contributed by atoms with van der Waals surface area (Å²) >= 11 is 0. The smallest absolute Gasteiger partial charge is 0.400 e. The van der Waals surface area contributed by atoms with E-state index in [0.29, 0.717) is 0 Å². The highest BCUT2D eigenvalue weighted by atomic mass is 16.7. The first-order valence-electron chi connectivity index (χ1n) is 14.0. The molecule has 0 spiro atoms. The second-order valence-electron chi connectivity index (χ2n) is 11.3. The number of rotatable bonds is 6. The Balaban J connectivity index is 0.000000202. The molecule has 39 heavy (non-hydrogen) atoms. The number of terminal acetylenes is 1. The van der Waals surface area contributed by atoms with Crippen molar-refractivity contribution >= 4 is 13.2 Å². The molecule has 208 valence electrons. The van der Waals surface area contributed by atoms with Gasteiger partial charge in [-0.1, -0.05) is 54.4 Å². The highest BCUT2D eigenvalue weighted by Crippen LogP contribution is 2.37. The monoisotopic (exact) mass is 530 g/mol. The molecule has 2 aromatic rings. The Bertz CT molecular complexity index is 1080. The van der Waals surface area contributed by atoms with E-state index in [1.807, 2.05) is 18.1 Å². The van der Waals surface area contributed by atoms with Gasteiger partial charge in [0.2, 0.25) is 0 Å². The van der Waals surface area contributed by atoms with E-state index in [-0.39, 0.29) is 18.3 Å². The SMILES string of the molecule is C#Cc1ccc(CN2CCOCC2)cc1.CC1(C)OB(/C=C/c2ccc(CN3CCOCC3)cc2)OC1(C)C. The van der Waals surface area contributed by atoms with Crippen LogP contribution in [-0.2, 0) is 31.9 Å². The Hall–Kier alpha value is -2.44. The number of hydrogen-bond donors (Lipinski definition) is 0. The zero-order valence-corrected chi connectivity index (χ0v) is 24.0. The highest BCUT2D eigenvalue weighted by Gasteiger charge is 2.50. The van der Waals surface area contributed by atoms with Gasteiger partial charge in [0.25, 0.3) is 0 Å². The van der Waals surface area contributed by atoms with E-state index in [0.717, 1.165) is 76.8 Å². The minimum atomic E-state index is -0.289. The summed E-state index contributed by atoms with van der Waals surface area (Å²) in [7, 11) is -0.289. The second kappa shape index (κ2) is 13.8. The predicted octanol–water partition coefficient (Wildman–Crippen LogP) is 4.66. The van der Waals surface area contributed by atoms with Gasteiger partial charge in [-0.2, -0.15) is 0 Å². The topological polar surface area (TPSA) is 43.4 Å². The molecule has 3 fully saturated rings. The van der Waals surface area contributed by atoms with E-state index in [9.17, 15) is 0 Å². The van der Waals surface area contributed by atoms with Crippen LogP contribution in [0.25, 0.3) is 6.08 Å². The van der Waals surface area contributed by atoms with Gasteiger partial charge in [-0.15, -0.1) is 6.42 Å². The van der Waals surface area contributed by atoms with Crippen LogP contribution in [0.15, 0.2) is 54.5 Å². The van der Waals surface area contributed by atoms with Gasteiger partial charge in [-0.3, -0.25) is 9.80 Å². The molecule has 7 heteroatoms. The molecule has 3 saturated heterocycles. The Morgan fingerprint density at radius 3 is 1.62 bits per heavy atom. The van der Waals surface area contributed by atoms with Crippen LogP contribution < -0.4 is 0 Å². The van der Waals surface area contributed by atoms with Gasteiger partial charge in [-0.05, 0) is 56.5 Å². The lowest BCUT2D eigenvalue weighted by Crippen LogP contribution is -2.41. The molecule has 5 rings (SSSR count). The predicted molar refractivity (Wildman–Crippen MR) is 158 cm³/mol. The summed E-state index contributed by atoms with van der Waals surface area (Å²) in [5, 5.41) is 0. The van der Waals surface area contributed by atoms with E-state index in [4.69, 9.17) is 25.2 Å². The largest absolute Gasteiger partial charge is 0.487 e. The summed E-state index contributed by atoms with van der Waals surface area (Å²) in [6, 6.07) is 16.9. The summed E-state index contributed by atoms with van der Waals surface area (Å²) in [4.78, 5) is 4.83. The molecule has 2 aromatic carbocycles. The summed E-state index contributed by atoms with van der Waals surface area (Å²) in [5.74, 6) is 4.62. The maximum absolute atomic E-state index is 5.98. The van der Waals surface area contributed by atoms with Crippen molar-refractivity contribution in [3.05, 3.63) is 76.8 Å². The molecular weight excluding hydrogens is 487 g/mol. The zero-order chi connectivity index (χ0) is 27.7. The molecule has 0 unspecified atom stereocenters. The highest BCUT2D eigenvalue weighted by molar-refractivity contribution is 6.52. The standard InChI is InChI=1S/C19H28BNO3.C13H15NO/c1-18(2)19(3,4)24-20(23-18)10-9-16-5-7-17(8-6-16)15-21-11-13-22-14-12-21;1-2-12-3-5-13(6-4-12)11-14-7-9-15-10-8-14/h5-10H,11-15H2,1-4H3;1,3-6H,7-11H2/b10-9+;. The van der Waals surface area contributed by atoms with Gasteiger partial charge in [-0.25, -0.2) is 0 Å². The number of ether oxygens (including phenoxy) is 2. The maximum Gasteiger partial charge on any atom is 0.487 e. The summed E-state index contributed by atoms with van der Waals surface area (Å²) in [6.45, 7) is 17.7. The molecule has 0 bridgehead atoms. The van der Waals surface area contributed by atoms with Crippen LogP contribution in [0.2, 0.25) is 0 Å². The lowest BCUT2D eigenvalue weighted by molar-refractivity contribution is 0.00578. The normalized spacial score (nSPS) is 21.4. The number of nitrogens with zero attached hydrogens (tertiary/aromatic N) is 2. The fourth-order valence-corrected chi connectivity index (χ4v) is 4.63. The van der Waals surface area contributed by atoms with E-state index < -0.39 is 0 Å². The minimum Gasteiger partial charge on any atom is -0.400 e. The zero-order valence-electron chi connectivity index (χ0n) is 24.0. The molecule has 0 aliphatic carbocycles. The van der Waals surface area contributed by atoms with Crippen molar-refractivity contribution < 1.29 is 18.8 Å². The number of hydrogen-bond acceptors (Lipinski definition) is 6. The molecule has 3 heterocycles. The van der Waals surface area contributed by atoms with Crippen LogP contribution in [0.5, 0.6) is 0 Å². The van der Waals surface area contributed by atoms with E-state index in [1.165, 1.54) is 11.1 Å². The fourth-order valence-electron chi connectivity index (χ4n) is 4.63. The van der Waals surface area contributed by atoms with Crippen LogP contribution in [0.4, 0.5) is 0 Å². The first kappa shape index (κ1) is 29.5. The molecule has 0 saturated carbocycles. The Kier molecular flexibility index (Phi) is 10.4. The van der Waals surface area contributed by atoms with Gasteiger partial charge < -0.3 is 18.8 Å². The maximum atomic E-state index is 5.98. The van der Waals surface area contributed by atoms with Crippen molar-refractivity contribution in [1.82, 2.24) is 9.80 Å². The first-order chi connectivity index (χ1) is 18.7. The lowest BCUT2D eigenvalue weighted by atomic mass is 9.89. The van der Waals surface area contributed by atoms with Gasteiger partial charge in [0.05, 0.1) is 37.6 Å². The van der Waals surface area contributed by atoms with Crippen molar-refractivity contribution in [3.63, 3.8) is 0 Å². The molecule has 0 radical (unpaired) electrons. The third-order valence-electron chi connectivity index (χ3n) is 7.84. The van der Waals surface area contributed by atoms with Gasteiger partial charge in [0.1, 0.15) is 0 Å². The first-order valence-corrected chi connectivity index (χ1v) is 14.0. The van der Waals surface area contributed by atoms with Crippen molar-refractivity contribution in [2.24, 2.45) is 0 Å². The lowest BCUT2D eigenvalue weighted by Gasteiger charge is -2.32. The summed E-state index contributed by atoms with van der Waals surface area (Å²) in [6.07, 6.45) is 7.38. The Morgan fingerprint density at radius 2 is 1.18 bits per heavy atom. The Labute approximate surface area is 235 Å². The quantitative estimate of drug-likeness (QED) is 0.400. The molecular formula is C32H43BN2O4. The van der Waals surface area contributed by atoms with Crippen molar-refractivity contribution in [2.75, 3.05) is 52.6 Å². The Morgan fingerprint density at radius 1 is 0.744 bits per heavy atom. The molecule has 0 aromatic heterocycles. The molecule has 6 nitrogen and oxygen atoms in total. The molecule has 0 N–H and O–H groups in total.